The molecule has 1 aliphatic heterocycles. The lowest BCUT2D eigenvalue weighted by Gasteiger charge is -2.16. The first-order valence-corrected chi connectivity index (χ1v) is 12.7. The number of aromatic nitrogens is 2. The van der Waals surface area contributed by atoms with Crippen LogP contribution in [0.5, 0.6) is 0 Å². The van der Waals surface area contributed by atoms with Crippen LogP contribution >= 0.6 is 0 Å². The molecule has 2 aromatic carbocycles. The number of anilines is 1. The summed E-state index contributed by atoms with van der Waals surface area (Å²) in [4.78, 5) is 12.1. The molecule has 1 amide bonds. The van der Waals surface area contributed by atoms with E-state index in [1.165, 1.54) is 15.9 Å². The number of nitrogens with zero attached hydrogens (tertiary/aromatic N) is 3. The SMILES string of the molecule is Cc1nn(-c2ccccc2)cc1CCCNC(=O)/C=C/c1ccc(N2CCCS2(=O)=O)cc1. The van der Waals surface area contributed by atoms with Crippen LogP contribution in [0.2, 0.25) is 0 Å². The Morgan fingerprint density at radius 2 is 1.85 bits per heavy atom. The van der Waals surface area contributed by atoms with Gasteiger partial charge in [0.1, 0.15) is 0 Å². The third-order valence-corrected chi connectivity index (χ3v) is 7.52. The summed E-state index contributed by atoms with van der Waals surface area (Å²) in [6, 6.07) is 17.2. The molecule has 0 radical (unpaired) electrons. The van der Waals surface area contributed by atoms with Crippen LogP contribution in [0.4, 0.5) is 5.69 Å². The lowest BCUT2D eigenvalue weighted by Crippen LogP contribution is -2.24. The number of rotatable bonds is 8. The van der Waals surface area contributed by atoms with E-state index in [0.717, 1.165) is 29.8 Å². The first-order chi connectivity index (χ1) is 15.9. The van der Waals surface area contributed by atoms with E-state index < -0.39 is 10.0 Å². The van der Waals surface area contributed by atoms with E-state index in [0.29, 0.717) is 25.2 Å². The molecule has 1 aliphatic rings. The van der Waals surface area contributed by atoms with E-state index in [9.17, 15) is 13.2 Å². The number of amides is 1. The van der Waals surface area contributed by atoms with Crippen LogP contribution in [0.3, 0.4) is 0 Å². The van der Waals surface area contributed by atoms with E-state index in [2.05, 4.69) is 10.4 Å². The molecule has 33 heavy (non-hydrogen) atoms. The van der Waals surface area contributed by atoms with Crippen LogP contribution in [0, 0.1) is 6.92 Å². The van der Waals surface area contributed by atoms with E-state index in [-0.39, 0.29) is 11.7 Å². The molecule has 1 saturated heterocycles. The highest BCUT2D eigenvalue weighted by molar-refractivity contribution is 7.93. The molecule has 0 atom stereocenters. The van der Waals surface area contributed by atoms with Crippen molar-refractivity contribution in [1.82, 2.24) is 15.1 Å². The van der Waals surface area contributed by atoms with Gasteiger partial charge in [-0.05, 0) is 67.7 Å². The van der Waals surface area contributed by atoms with Gasteiger partial charge in [-0.2, -0.15) is 5.10 Å². The summed E-state index contributed by atoms with van der Waals surface area (Å²) >= 11 is 0. The fraction of sp³-hybridized carbons (Fsp3) is 0.280. The van der Waals surface area contributed by atoms with Gasteiger partial charge in [-0.1, -0.05) is 30.3 Å². The van der Waals surface area contributed by atoms with Gasteiger partial charge in [0.15, 0.2) is 0 Å². The maximum atomic E-state index is 12.1. The molecule has 0 spiro atoms. The molecule has 1 aromatic heterocycles. The summed E-state index contributed by atoms with van der Waals surface area (Å²) in [5, 5.41) is 7.49. The Hall–Kier alpha value is -3.39. The molecule has 7 nitrogen and oxygen atoms in total. The molecule has 0 bridgehead atoms. The Kier molecular flexibility index (Phi) is 6.93. The molecule has 3 aromatic rings. The van der Waals surface area contributed by atoms with Crippen molar-refractivity contribution in [1.29, 1.82) is 0 Å². The Morgan fingerprint density at radius 3 is 2.55 bits per heavy atom. The van der Waals surface area contributed by atoms with Crippen LogP contribution in [0.1, 0.15) is 29.7 Å². The number of nitrogens with one attached hydrogen (secondary N) is 1. The van der Waals surface area contributed by atoms with Gasteiger partial charge in [0, 0.05) is 25.4 Å². The molecule has 0 unspecified atom stereocenters. The van der Waals surface area contributed by atoms with Gasteiger partial charge in [0.25, 0.3) is 0 Å². The lowest BCUT2D eigenvalue weighted by atomic mass is 10.1. The van der Waals surface area contributed by atoms with Crippen molar-refractivity contribution in [3.8, 4) is 5.69 Å². The predicted octanol–water partition coefficient (Wildman–Crippen LogP) is 3.48. The highest BCUT2D eigenvalue weighted by Gasteiger charge is 2.28. The van der Waals surface area contributed by atoms with Crippen molar-refractivity contribution < 1.29 is 13.2 Å². The largest absolute Gasteiger partial charge is 0.353 e. The summed E-state index contributed by atoms with van der Waals surface area (Å²) in [6.07, 6.45) is 7.58. The highest BCUT2D eigenvalue weighted by atomic mass is 32.2. The third kappa shape index (κ3) is 5.70. The van der Waals surface area contributed by atoms with Crippen LogP contribution in [-0.2, 0) is 21.2 Å². The maximum absolute atomic E-state index is 12.1. The zero-order chi connectivity index (χ0) is 23.3. The summed E-state index contributed by atoms with van der Waals surface area (Å²) in [5.74, 6) is 0.0435. The van der Waals surface area contributed by atoms with Crippen LogP contribution in [0.25, 0.3) is 11.8 Å². The normalized spacial score (nSPS) is 15.2. The average Bonchev–Trinajstić information content (AvgIpc) is 3.37. The fourth-order valence-electron chi connectivity index (χ4n) is 3.86. The van der Waals surface area contributed by atoms with Crippen molar-refractivity contribution in [2.24, 2.45) is 0 Å². The van der Waals surface area contributed by atoms with Gasteiger partial charge >= 0.3 is 0 Å². The molecule has 1 fully saturated rings. The van der Waals surface area contributed by atoms with Crippen molar-refractivity contribution in [3.05, 3.63) is 83.7 Å². The number of aryl methyl sites for hydroxylation is 2. The quantitative estimate of drug-likeness (QED) is 0.409. The smallest absolute Gasteiger partial charge is 0.243 e. The number of hydrogen-bond donors (Lipinski definition) is 1. The molecule has 4 rings (SSSR count). The number of carbonyl (C=O) groups excluding carboxylic acids is 1. The Bertz CT molecular complexity index is 1230. The van der Waals surface area contributed by atoms with E-state index in [1.54, 1.807) is 18.2 Å². The Morgan fingerprint density at radius 1 is 1.09 bits per heavy atom. The van der Waals surface area contributed by atoms with Gasteiger partial charge < -0.3 is 5.32 Å². The average molecular weight is 465 g/mol. The van der Waals surface area contributed by atoms with E-state index >= 15 is 0 Å². The Labute approximate surface area is 194 Å². The maximum Gasteiger partial charge on any atom is 0.243 e. The molecule has 2 heterocycles. The number of benzene rings is 2. The lowest BCUT2D eigenvalue weighted by molar-refractivity contribution is -0.116. The molecule has 8 heteroatoms. The molecular formula is C25H28N4O3S. The van der Waals surface area contributed by atoms with Gasteiger partial charge in [-0.15, -0.1) is 0 Å². The zero-order valence-electron chi connectivity index (χ0n) is 18.6. The molecule has 1 N–H and O–H groups in total. The summed E-state index contributed by atoms with van der Waals surface area (Å²) in [6.45, 7) is 3.10. The van der Waals surface area contributed by atoms with Crippen LogP contribution in [0.15, 0.2) is 66.9 Å². The topological polar surface area (TPSA) is 84.3 Å². The third-order valence-electron chi connectivity index (χ3n) is 5.65. The Balaban J connectivity index is 1.23. The first-order valence-electron chi connectivity index (χ1n) is 11.1. The van der Waals surface area contributed by atoms with E-state index in [1.807, 2.05) is 60.3 Å². The van der Waals surface area contributed by atoms with Gasteiger partial charge in [0.05, 0.1) is 22.8 Å². The molecule has 0 aliphatic carbocycles. The van der Waals surface area contributed by atoms with Crippen LogP contribution in [-0.4, -0.2) is 42.9 Å². The van der Waals surface area contributed by atoms with Crippen molar-refractivity contribution in [3.63, 3.8) is 0 Å². The van der Waals surface area contributed by atoms with Gasteiger partial charge in [0.2, 0.25) is 15.9 Å². The monoisotopic (exact) mass is 464 g/mol. The predicted molar refractivity (Wildman–Crippen MR) is 131 cm³/mol. The van der Waals surface area contributed by atoms with Gasteiger partial charge in [-0.25, -0.2) is 13.1 Å². The van der Waals surface area contributed by atoms with Crippen molar-refractivity contribution in [2.45, 2.75) is 26.2 Å². The standard InChI is InChI=1S/C25H28N4O3S/c1-20-22(19-28(27-20)23-8-3-2-4-9-23)7-5-16-26-25(30)15-12-21-10-13-24(14-11-21)29-17-6-18-33(29,31)32/h2-4,8-15,19H,5-7,16-18H2,1H3,(H,26,30)/b15-12+. The van der Waals surface area contributed by atoms with Crippen LogP contribution < -0.4 is 9.62 Å². The zero-order valence-corrected chi connectivity index (χ0v) is 19.5. The second-order valence-corrected chi connectivity index (χ2v) is 10.1. The van der Waals surface area contributed by atoms with E-state index in [4.69, 9.17) is 0 Å². The minimum absolute atomic E-state index is 0.155. The summed E-state index contributed by atoms with van der Waals surface area (Å²) < 4.78 is 27.4. The second-order valence-electron chi connectivity index (χ2n) is 8.08. The van der Waals surface area contributed by atoms with Crippen molar-refractivity contribution in [2.75, 3.05) is 23.1 Å². The highest BCUT2D eigenvalue weighted by Crippen LogP contribution is 2.24. The number of hydrogen-bond acceptors (Lipinski definition) is 4. The van der Waals surface area contributed by atoms with Gasteiger partial charge in [-0.3, -0.25) is 9.10 Å². The molecular weight excluding hydrogens is 436 g/mol. The summed E-state index contributed by atoms with van der Waals surface area (Å²) in [5.41, 5.74) is 4.70. The number of para-hydroxylation sites is 1. The summed E-state index contributed by atoms with van der Waals surface area (Å²) in [7, 11) is -3.18. The molecule has 0 saturated carbocycles. The minimum Gasteiger partial charge on any atom is -0.353 e. The second kappa shape index (κ2) is 10.0. The molecule has 172 valence electrons. The fourth-order valence-corrected chi connectivity index (χ4v) is 5.42. The first kappa shape index (κ1) is 22.8. The number of sulfonamides is 1. The van der Waals surface area contributed by atoms with Crippen molar-refractivity contribution >= 4 is 27.7 Å². The number of carbonyl (C=O) groups is 1. The minimum atomic E-state index is -3.18.